The van der Waals surface area contributed by atoms with Gasteiger partial charge in [-0.25, -0.2) is 4.98 Å². The molecule has 3 rings (SSSR count). The van der Waals surface area contributed by atoms with Crippen LogP contribution in [0.1, 0.15) is 12.8 Å². The van der Waals surface area contributed by atoms with E-state index in [0.717, 1.165) is 16.9 Å². The Morgan fingerprint density at radius 2 is 1.88 bits per heavy atom. The summed E-state index contributed by atoms with van der Waals surface area (Å²) in [6.45, 7) is 0. The molecule has 0 spiro atoms. The average Bonchev–Trinajstić information content (AvgIpc) is 3.01. The number of halogens is 2. The molecule has 0 atom stereocenters. The average molecular weight is 397 g/mol. The Kier molecular flexibility index (Phi) is 6.00. The maximum atomic E-state index is 12.1. The summed E-state index contributed by atoms with van der Waals surface area (Å²) in [6, 6.07) is 13.6. The summed E-state index contributed by atoms with van der Waals surface area (Å²) in [7, 11) is 0. The summed E-state index contributed by atoms with van der Waals surface area (Å²) >= 11 is 15.3. The second-order valence-corrected chi connectivity index (χ2v) is 8.02. The Hall–Kier alpha value is -1.27. The zero-order valence-corrected chi connectivity index (χ0v) is 15.7. The third kappa shape index (κ3) is 4.42. The van der Waals surface area contributed by atoms with Crippen molar-refractivity contribution in [3.8, 4) is 0 Å². The molecule has 0 unspecified atom stereocenters. The van der Waals surface area contributed by atoms with E-state index in [1.54, 1.807) is 23.9 Å². The summed E-state index contributed by atoms with van der Waals surface area (Å²) in [6.07, 6.45) is 1.26. The van der Waals surface area contributed by atoms with Crippen LogP contribution in [0.2, 0.25) is 10.0 Å². The number of aromatic nitrogens is 1. The highest BCUT2D eigenvalue weighted by atomic mass is 35.5. The predicted molar refractivity (Wildman–Crippen MR) is 105 cm³/mol. The van der Waals surface area contributed by atoms with Gasteiger partial charge in [-0.05, 0) is 36.4 Å². The Morgan fingerprint density at radius 3 is 2.62 bits per heavy atom. The molecule has 0 saturated carbocycles. The van der Waals surface area contributed by atoms with E-state index in [2.05, 4.69) is 22.4 Å². The van der Waals surface area contributed by atoms with E-state index in [0.29, 0.717) is 27.1 Å². The summed E-state index contributed by atoms with van der Waals surface area (Å²) in [5, 5.41) is 4.48. The second kappa shape index (κ2) is 8.21. The topological polar surface area (TPSA) is 42.0 Å². The number of amides is 1. The molecule has 0 aliphatic rings. The first kappa shape index (κ1) is 17.5. The molecule has 1 heterocycles. The van der Waals surface area contributed by atoms with Crippen molar-refractivity contribution in [2.24, 2.45) is 0 Å². The van der Waals surface area contributed by atoms with Gasteiger partial charge >= 0.3 is 0 Å². The lowest BCUT2D eigenvalue weighted by molar-refractivity contribution is -0.116. The van der Waals surface area contributed by atoms with E-state index in [9.17, 15) is 4.79 Å². The highest BCUT2D eigenvalue weighted by Crippen LogP contribution is 2.36. The Labute approximate surface area is 158 Å². The summed E-state index contributed by atoms with van der Waals surface area (Å²) in [4.78, 5) is 17.6. The van der Waals surface area contributed by atoms with Crippen LogP contribution >= 0.6 is 46.3 Å². The zero-order chi connectivity index (χ0) is 16.9. The lowest BCUT2D eigenvalue weighted by Crippen LogP contribution is -2.11. The molecule has 1 N–H and O–H groups in total. The molecule has 0 bridgehead atoms. The van der Waals surface area contributed by atoms with E-state index >= 15 is 0 Å². The van der Waals surface area contributed by atoms with Crippen LogP contribution < -0.4 is 5.32 Å². The van der Waals surface area contributed by atoms with Gasteiger partial charge < -0.3 is 5.32 Å². The molecule has 24 heavy (non-hydrogen) atoms. The van der Waals surface area contributed by atoms with E-state index in [1.807, 2.05) is 18.2 Å². The van der Waals surface area contributed by atoms with Crippen molar-refractivity contribution in [3.63, 3.8) is 0 Å². The van der Waals surface area contributed by atoms with Crippen LogP contribution in [-0.4, -0.2) is 16.6 Å². The van der Waals surface area contributed by atoms with Gasteiger partial charge in [0.2, 0.25) is 5.91 Å². The maximum absolute atomic E-state index is 12.1. The molecule has 2 aromatic carbocycles. The minimum atomic E-state index is -0.0463. The number of fused-ring (bicyclic) bond motifs is 1. The smallest absolute Gasteiger partial charge is 0.226 e. The number of nitrogens with one attached hydrogen (secondary N) is 1. The Balaban J connectivity index is 1.52. The normalized spacial score (nSPS) is 10.9. The van der Waals surface area contributed by atoms with E-state index in [-0.39, 0.29) is 5.91 Å². The minimum absolute atomic E-state index is 0.0463. The van der Waals surface area contributed by atoms with E-state index in [1.165, 1.54) is 16.2 Å². The van der Waals surface area contributed by atoms with Crippen LogP contribution in [0.15, 0.2) is 47.4 Å². The third-order valence-electron chi connectivity index (χ3n) is 3.25. The van der Waals surface area contributed by atoms with Crippen molar-refractivity contribution in [1.82, 2.24) is 4.98 Å². The number of thioether (sulfide) groups is 1. The van der Waals surface area contributed by atoms with Crippen LogP contribution in [0.3, 0.4) is 0 Å². The monoisotopic (exact) mass is 396 g/mol. The standard InChI is InChI=1S/C17H14Cl2N2OS2/c18-12-8-9-13(19)16-15(12)21-17(24-16)20-14(22)7-4-10-23-11-5-2-1-3-6-11/h1-3,5-6,8-9H,4,7,10H2,(H,20,21,22). The van der Waals surface area contributed by atoms with Gasteiger partial charge in [0.1, 0.15) is 5.52 Å². The summed E-state index contributed by atoms with van der Waals surface area (Å²) in [5.41, 5.74) is 0.629. The first-order chi connectivity index (χ1) is 11.6. The van der Waals surface area contributed by atoms with Crippen molar-refractivity contribution in [2.75, 3.05) is 11.1 Å². The number of carbonyl (C=O) groups is 1. The number of rotatable bonds is 6. The van der Waals surface area contributed by atoms with Crippen LogP contribution in [0.4, 0.5) is 5.13 Å². The fourth-order valence-corrected chi connectivity index (χ4v) is 4.43. The number of carbonyl (C=O) groups excluding carboxylic acids is 1. The van der Waals surface area contributed by atoms with Gasteiger partial charge in [-0.3, -0.25) is 4.79 Å². The lowest BCUT2D eigenvalue weighted by Gasteiger charge is -2.02. The Bertz CT molecular complexity index is 813. The van der Waals surface area contributed by atoms with Crippen molar-refractivity contribution < 1.29 is 4.79 Å². The lowest BCUT2D eigenvalue weighted by atomic mass is 10.3. The van der Waals surface area contributed by atoms with Crippen molar-refractivity contribution in [3.05, 3.63) is 52.5 Å². The molecule has 1 aromatic heterocycles. The maximum Gasteiger partial charge on any atom is 0.226 e. The van der Waals surface area contributed by atoms with Gasteiger partial charge in [0.25, 0.3) is 0 Å². The molecule has 3 nitrogen and oxygen atoms in total. The molecule has 0 aliphatic carbocycles. The predicted octanol–water partition coefficient (Wildman–Crippen LogP) is 6.11. The largest absolute Gasteiger partial charge is 0.302 e. The number of nitrogens with zero attached hydrogens (tertiary/aromatic N) is 1. The van der Waals surface area contributed by atoms with Gasteiger partial charge in [-0.1, -0.05) is 52.7 Å². The summed E-state index contributed by atoms with van der Waals surface area (Å²) in [5.74, 6) is 0.851. The molecule has 0 aliphatic heterocycles. The SMILES string of the molecule is O=C(CCCSc1ccccc1)Nc1nc2c(Cl)ccc(Cl)c2s1. The first-order valence-electron chi connectivity index (χ1n) is 7.36. The van der Waals surface area contributed by atoms with Crippen LogP contribution in [0.25, 0.3) is 10.2 Å². The summed E-state index contributed by atoms with van der Waals surface area (Å²) < 4.78 is 0.791. The van der Waals surface area contributed by atoms with Crippen molar-refractivity contribution in [1.29, 1.82) is 0 Å². The van der Waals surface area contributed by atoms with Gasteiger partial charge in [0.15, 0.2) is 5.13 Å². The fraction of sp³-hybridized carbons (Fsp3) is 0.176. The number of anilines is 1. The molecule has 1 amide bonds. The van der Waals surface area contributed by atoms with Crippen LogP contribution in [-0.2, 0) is 4.79 Å². The molecule has 3 aromatic rings. The highest BCUT2D eigenvalue weighted by Gasteiger charge is 2.12. The Morgan fingerprint density at radius 1 is 1.12 bits per heavy atom. The number of thiazole rings is 1. The fourth-order valence-electron chi connectivity index (χ4n) is 2.12. The highest BCUT2D eigenvalue weighted by molar-refractivity contribution is 7.99. The molecule has 0 saturated heterocycles. The van der Waals surface area contributed by atoms with Crippen LogP contribution in [0, 0.1) is 0 Å². The quantitative estimate of drug-likeness (QED) is 0.403. The molecule has 0 fully saturated rings. The van der Waals surface area contributed by atoms with Crippen molar-refractivity contribution in [2.45, 2.75) is 17.7 Å². The molecule has 0 radical (unpaired) electrons. The first-order valence-corrected chi connectivity index (χ1v) is 9.91. The van der Waals surface area contributed by atoms with Crippen LogP contribution in [0.5, 0.6) is 0 Å². The minimum Gasteiger partial charge on any atom is -0.302 e. The van der Waals surface area contributed by atoms with E-state index < -0.39 is 0 Å². The van der Waals surface area contributed by atoms with Gasteiger partial charge in [-0.2, -0.15) is 0 Å². The van der Waals surface area contributed by atoms with Crippen molar-refractivity contribution >= 4 is 67.6 Å². The molecular formula is C17H14Cl2N2OS2. The van der Waals surface area contributed by atoms with E-state index in [4.69, 9.17) is 23.2 Å². The molecular weight excluding hydrogens is 383 g/mol. The van der Waals surface area contributed by atoms with Gasteiger partial charge in [0, 0.05) is 11.3 Å². The number of benzene rings is 2. The third-order valence-corrected chi connectivity index (χ3v) is 6.09. The number of hydrogen-bond acceptors (Lipinski definition) is 4. The molecule has 7 heteroatoms. The zero-order valence-electron chi connectivity index (χ0n) is 12.6. The van der Waals surface area contributed by atoms with Gasteiger partial charge in [-0.15, -0.1) is 11.8 Å². The molecule has 124 valence electrons. The number of hydrogen-bond donors (Lipinski definition) is 1. The van der Waals surface area contributed by atoms with Gasteiger partial charge in [0.05, 0.1) is 14.7 Å². The second-order valence-electron chi connectivity index (χ2n) is 5.04.